The van der Waals surface area contributed by atoms with E-state index in [1.54, 1.807) is 24.3 Å². The Labute approximate surface area is 174 Å². The molecule has 1 saturated heterocycles. The molecule has 0 radical (unpaired) electrons. The topological polar surface area (TPSA) is 52.7 Å². The summed E-state index contributed by atoms with van der Waals surface area (Å²) in [4.78, 5) is 29.8. The summed E-state index contributed by atoms with van der Waals surface area (Å²) < 4.78 is 13.2. The minimum atomic E-state index is -0.416. The molecule has 1 N–H and O–H groups in total. The molecular weight excluding hydrogens is 393 g/mol. The second kappa shape index (κ2) is 8.03. The Balaban J connectivity index is 1.57. The molecule has 2 aromatic rings. The lowest BCUT2D eigenvalue weighted by atomic mass is 9.97. The van der Waals surface area contributed by atoms with Gasteiger partial charge >= 0.3 is 0 Å². The lowest BCUT2D eigenvalue weighted by Crippen LogP contribution is -2.57. The quantitative estimate of drug-likeness (QED) is 0.814. The number of hydrogen-bond donors (Lipinski definition) is 1. The van der Waals surface area contributed by atoms with Gasteiger partial charge in [-0.1, -0.05) is 17.7 Å². The number of rotatable bonds is 4. The molecule has 0 aromatic heterocycles. The van der Waals surface area contributed by atoms with Crippen LogP contribution in [0.1, 0.15) is 52.5 Å². The molecule has 0 bridgehead atoms. The highest BCUT2D eigenvalue weighted by Gasteiger charge is 2.38. The molecule has 29 heavy (non-hydrogen) atoms. The molecule has 0 aliphatic carbocycles. The van der Waals surface area contributed by atoms with Crippen molar-refractivity contribution in [1.82, 2.24) is 10.2 Å². The van der Waals surface area contributed by atoms with Crippen molar-refractivity contribution < 1.29 is 14.0 Å². The van der Waals surface area contributed by atoms with Crippen LogP contribution in [0.4, 0.5) is 10.1 Å². The molecule has 152 valence electrons. The van der Waals surface area contributed by atoms with Crippen LogP contribution in [0.25, 0.3) is 0 Å². The molecule has 2 heterocycles. The summed E-state index contributed by atoms with van der Waals surface area (Å²) in [7, 11) is 0. The molecule has 7 heteroatoms. The van der Waals surface area contributed by atoms with Crippen LogP contribution >= 0.6 is 11.6 Å². The zero-order valence-corrected chi connectivity index (χ0v) is 17.0. The SMILES string of the molecule is CCN1c2cc(C(=O)NCc3ccc(F)cc3Cl)ccc2C(=O)N2CCCC[C@@H]21. The number of hydrogen-bond acceptors (Lipinski definition) is 3. The predicted octanol–water partition coefficient (Wildman–Crippen LogP) is 4.20. The van der Waals surface area contributed by atoms with E-state index in [2.05, 4.69) is 17.1 Å². The summed E-state index contributed by atoms with van der Waals surface area (Å²) in [5.74, 6) is -0.636. The third kappa shape index (κ3) is 3.69. The first-order valence-electron chi connectivity index (χ1n) is 9.93. The van der Waals surface area contributed by atoms with Crippen molar-refractivity contribution >= 4 is 29.1 Å². The van der Waals surface area contributed by atoms with Crippen molar-refractivity contribution in [2.24, 2.45) is 0 Å². The van der Waals surface area contributed by atoms with E-state index in [9.17, 15) is 14.0 Å². The van der Waals surface area contributed by atoms with E-state index in [1.165, 1.54) is 12.1 Å². The number of benzene rings is 2. The number of nitrogens with zero attached hydrogens (tertiary/aromatic N) is 2. The monoisotopic (exact) mass is 415 g/mol. The molecule has 0 unspecified atom stereocenters. The van der Waals surface area contributed by atoms with Gasteiger partial charge < -0.3 is 15.1 Å². The Bertz CT molecular complexity index is 965. The van der Waals surface area contributed by atoms with Crippen molar-refractivity contribution in [3.8, 4) is 0 Å². The van der Waals surface area contributed by atoms with Crippen molar-refractivity contribution in [2.75, 3.05) is 18.0 Å². The number of anilines is 1. The van der Waals surface area contributed by atoms with Gasteiger partial charge in [0.1, 0.15) is 12.0 Å². The van der Waals surface area contributed by atoms with Crippen LogP contribution in [0.5, 0.6) is 0 Å². The first-order chi connectivity index (χ1) is 14.0. The number of carbonyl (C=O) groups excluding carboxylic acids is 2. The van der Waals surface area contributed by atoms with Crippen molar-refractivity contribution in [1.29, 1.82) is 0 Å². The van der Waals surface area contributed by atoms with Crippen LogP contribution in [0, 0.1) is 5.82 Å². The molecule has 5 nitrogen and oxygen atoms in total. The Kier molecular flexibility index (Phi) is 5.46. The van der Waals surface area contributed by atoms with Gasteiger partial charge in [0.2, 0.25) is 0 Å². The van der Waals surface area contributed by atoms with Crippen molar-refractivity contribution in [3.05, 3.63) is 63.9 Å². The maximum atomic E-state index is 13.2. The van der Waals surface area contributed by atoms with Crippen LogP contribution in [-0.2, 0) is 6.54 Å². The van der Waals surface area contributed by atoms with Crippen LogP contribution in [-0.4, -0.2) is 36.0 Å². The van der Waals surface area contributed by atoms with E-state index >= 15 is 0 Å². The fourth-order valence-corrected chi connectivity index (χ4v) is 4.44. The van der Waals surface area contributed by atoms with Crippen LogP contribution in [0.3, 0.4) is 0 Å². The molecule has 1 fully saturated rings. The highest BCUT2D eigenvalue weighted by atomic mass is 35.5. The van der Waals surface area contributed by atoms with Crippen LogP contribution < -0.4 is 10.2 Å². The molecule has 4 rings (SSSR count). The fraction of sp³-hybridized carbons (Fsp3) is 0.364. The number of fused-ring (bicyclic) bond motifs is 2. The van der Waals surface area contributed by atoms with E-state index in [1.807, 2.05) is 4.90 Å². The van der Waals surface area contributed by atoms with Gasteiger partial charge in [0, 0.05) is 30.2 Å². The largest absolute Gasteiger partial charge is 0.351 e. The van der Waals surface area contributed by atoms with Gasteiger partial charge in [0.15, 0.2) is 0 Å². The predicted molar refractivity (Wildman–Crippen MR) is 111 cm³/mol. The molecule has 2 aliphatic rings. The van der Waals surface area contributed by atoms with E-state index in [0.717, 1.165) is 38.0 Å². The van der Waals surface area contributed by atoms with Crippen LogP contribution in [0.15, 0.2) is 36.4 Å². The van der Waals surface area contributed by atoms with E-state index in [-0.39, 0.29) is 29.5 Å². The van der Waals surface area contributed by atoms with Gasteiger partial charge in [-0.05, 0) is 62.1 Å². The smallest absolute Gasteiger partial charge is 0.257 e. The van der Waals surface area contributed by atoms with Gasteiger partial charge in [0.05, 0.1) is 11.3 Å². The Morgan fingerprint density at radius 3 is 2.83 bits per heavy atom. The number of nitrogens with one attached hydrogen (secondary N) is 1. The number of halogens is 2. The van der Waals surface area contributed by atoms with Crippen LogP contribution in [0.2, 0.25) is 5.02 Å². The number of amides is 2. The second-order valence-corrected chi connectivity index (χ2v) is 7.82. The minimum absolute atomic E-state index is 0.0412. The van der Waals surface area contributed by atoms with E-state index < -0.39 is 5.82 Å². The summed E-state index contributed by atoms with van der Waals surface area (Å²) >= 11 is 6.03. The Morgan fingerprint density at radius 1 is 1.24 bits per heavy atom. The van der Waals surface area contributed by atoms with Gasteiger partial charge in [-0.2, -0.15) is 0 Å². The Morgan fingerprint density at radius 2 is 2.07 bits per heavy atom. The molecule has 2 aliphatic heterocycles. The standard InChI is InChI=1S/C22H23ClFN3O2/c1-2-26-19-11-14(21(28)25-13-15-6-8-16(24)12-18(15)23)7-9-17(19)22(29)27-10-4-3-5-20(26)27/h6-9,11-12,20H,2-5,10,13H2,1H3,(H,25,28)/t20-/m1/s1. The average Bonchev–Trinajstić information content (AvgIpc) is 2.73. The molecule has 0 spiro atoms. The first-order valence-corrected chi connectivity index (χ1v) is 10.3. The van der Waals surface area contributed by atoms with Crippen molar-refractivity contribution in [2.45, 2.75) is 38.9 Å². The summed E-state index contributed by atoms with van der Waals surface area (Å²) in [5, 5.41) is 3.10. The molecule has 2 amide bonds. The third-order valence-electron chi connectivity index (χ3n) is 5.69. The van der Waals surface area contributed by atoms with Gasteiger partial charge in [0.25, 0.3) is 11.8 Å². The maximum Gasteiger partial charge on any atom is 0.257 e. The van der Waals surface area contributed by atoms with E-state index in [0.29, 0.717) is 16.7 Å². The average molecular weight is 416 g/mol. The van der Waals surface area contributed by atoms with Crippen molar-refractivity contribution in [3.63, 3.8) is 0 Å². The summed E-state index contributed by atoms with van der Waals surface area (Å²) in [6, 6.07) is 9.31. The normalized spacial score (nSPS) is 18.3. The maximum absolute atomic E-state index is 13.2. The molecule has 0 saturated carbocycles. The van der Waals surface area contributed by atoms with E-state index in [4.69, 9.17) is 11.6 Å². The molecule has 2 aromatic carbocycles. The molecular formula is C22H23ClFN3O2. The lowest BCUT2D eigenvalue weighted by molar-refractivity contribution is 0.0582. The summed E-state index contributed by atoms with van der Waals surface area (Å²) in [6.07, 6.45) is 3.13. The third-order valence-corrected chi connectivity index (χ3v) is 6.04. The zero-order chi connectivity index (χ0) is 20.5. The highest BCUT2D eigenvalue weighted by molar-refractivity contribution is 6.31. The van der Waals surface area contributed by atoms with Gasteiger partial charge in [-0.3, -0.25) is 9.59 Å². The van der Waals surface area contributed by atoms with Gasteiger partial charge in [-0.15, -0.1) is 0 Å². The first kappa shape index (κ1) is 19.7. The minimum Gasteiger partial charge on any atom is -0.351 e. The highest BCUT2D eigenvalue weighted by Crippen LogP contribution is 2.35. The second-order valence-electron chi connectivity index (χ2n) is 7.41. The zero-order valence-electron chi connectivity index (χ0n) is 16.3. The summed E-state index contributed by atoms with van der Waals surface area (Å²) in [6.45, 7) is 3.80. The summed E-state index contributed by atoms with van der Waals surface area (Å²) in [5.41, 5.74) is 2.58. The fourth-order valence-electron chi connectivity index (χ4n) is 4.21. The Hall–Kier alpha value is -2.60. The molecule has 1 atom stereocenters. The number of carbonyl (C=O) groups is 2. The van der Waals surface area contributed by atoms with Gasteiger partial charge in [-0.25, -0.2) is 4.39 Å². The lowest BCUT2D eigenvalue weighted by Gasteiger charge is -2.47. The number of piperidine rings is 1.